The zero-order valence-corrected chi connectivity index (χ0v) is 12.3. The molecule has 0 aromatic heterocycles. The lowest BCUT2D eigenvalue weighted by atomic mass is 10.1. The molecule has 2 aromatic carbocycles. The molecule has 0 amide bonds. The third-order valence-electron chi connectivity index (χ3n) is 3.02. The van der Waals surface area contributed by atoms with Crippen LogP contribution < -0.4 is 0 Å². The highest BCUT2D eigenvalue weighted by molar-refractivity contribution is 6.30. The highest BCUT2D eigenvalue weighted by Crippen LogP contribution is 2.14. The Morgan fingerprint density at radius 1 is 1.14 bits per heavy atom. The maximum atomic E-state index is 13.4. The average Bonchev–Trinajstić information content (AvgIpc) is 2.40. The second kappa shape index (κ2) is 6.70. The topological polar surface area (TPSA) is 40.5 Å². The quantitative estimate of drug-likeness (QED) is 0.913. The molecule has 0 aliphatic rings. The van der Waals surface area contributed by atoms with Crippen molar-refractivity contribution in [2.45, 2.75) is 13.1 Å². The highest BCUT2D eigenvalue weighted by Gasteiger charge is 2.09. The summed E-state index contributed by atoms with van der Waals surface area (Å²) >= 11 is 5.83. The number of carboxylic acid groups (broad SMARTS) is 1. The second-order valence-electron chi connectivity index (χ2n) is 4.95. The summed E-state index contributed by atoms with van der Waals surface area (Å²) in [7, 11) is 1.89. The Bertz CT molecular complexity index is 643. The maximum absolute atomic E-state index is 13.4. The van der Waals surface area contributed by atoms with Crippen molar-refractivity contribution in [3.63, 3.8) is 0 Å². The Balaban J connectivity index is 2.07. The van der Waals surface area contributed by atoms with Gasteiger partial charge in [0.2, 0.25) is 0 Å². The Labute approximate surface area is 127 Å². The van der Waals surface area contributed by atoms with Crippen molar-refractivity contribution >= 4 is 17.6 Å². The van der Waals surface area contributed by atoms with E-state index in [2.05, 4.69) is 0 Å². The van der Waals surface area contributed by atoms with Gasteiger partial charge in [-0.05, 0) is 48.5 Å². The Hall–Kier alpha value is -1.91. The van der Waals surface area contributed by atoms with Gasteiger partial charge in [-0.1, -0.05) is 23.7 Å². The van der Waals surface area contributed by atoms with Crippen molar-refractivity contribution in [1.29, 1.82) is 0 Å². The summed E-state index contributed by atoms with van der Waals surface area (Å²) in [5, 5.41) is 9.61. The van der Waals surface area contributed by atoms with E-state index in [0.717, 1.165) is 11.6 Å². The lowest BCUT2D eigenvalue weighted by Crippen LogP contribution is -2.17. The standard InChI is InChI=1S/C16H15ClFNO2/c1-19(9-11-2-4-14(17)5-3-11)10-12-6-13(16(20)21)8-15(18)7-12/h2-8H,9-10H2,1H3,(H,20,21). The minimum absolute atomic E-state index is 0.0371. The lowest BCUT2D eigenvalue weighted by molar-refractivity contribution is 0.0696. The summed E-state index contributed by atoms with van der Waals surface area (Å²) in [4.78, 5) is 12.9. The van der Waals surface area contributed by atoms with Crippen LogP contribution in [0.1, 0.15) is 21.5 Å². The van der Waals surface area contributed by atoms with E-state index in [1.807, 2.05) is 36.2 Å². The third kappa shape index (κ3) is 4.55. The van der Waals surface area contributed by atoms with Crippen molar-refractivity contribution in [3.8, 4) is 0 Å². The number of halogens is 2. The zero-order chi connectivity index (χ0) is 15.4. The van der Waals surface area contributed by atoms with E-state index in [1.54, 1.807) is 0 Å². The first kappa shape index (κ1) is 15.5. The molecule has 0 unspecified atom stereocenters. The van der Waals surface area contributed by atoms with Crippen LogP contribution in [0, 0.1) is 5.82 Å². The van der Waals surface area contributed by atoms with Gasteiger partial charge in [0.1, 0.15) is 5.82 Å². The number of hydrogen-bond donors (Lipinski definition) is 1. The van der Waals surface area contributed by atoms with E-state index < -0.39 is 11.8 Å². The van der Waals surface area contributed by atoms with Crippen LogP contribution >= 0.6 is 11.6 Å². The molecular formula is C16H15ClFNO2. The van der Waals surface area contributed by atoms with Crippen molar-refractivity contribution < 1.29 is 14.3 Å². The Morgan fingerprint density at radius 2 is 1.76 bits per heavy atom. The highest BCUT2D eigenvalue weighted by atomic mass is 35.5. The smallest absolute Gasteiger partial charge is 0.335 e. The number of benzene rings is 2. The van der Waals surface area contributed by atoms with E-state index in [1.165, 1.54) is 12.1 Å². The number of hydrogen-bond acceptors (Lipinski definition) is 2. The van der Waals surface area contributed by atoms with Crippen LogP contribution in [0.3, 0.4) is 0 Å². The first-order valence-corrected chi connectivity index (χ1v) is 6.77. The number of carbonyl (C=O) groups is 1. The molecule has 2 aromatic rings. The van der Waals surface area contributed by atoms with Gasteiger partial charge in [-0.15, -0.1) is 0 Å². The number of aromatic carboxylic acids is 1. The molecule has 0 spiro atoms. The van der Waals surface area contributed by atoms with E-state index in [-0.39, 0.29) is 5.56 Å². The van der Waals surface area contributed by atoms with Crippen LogP contribution in [0.5, 0.6) is 0 Å². The molecule has 2 rings (SSSR count). The molecule has 1 N–H and O–H groups in total. The van der Waals surface area contributed by atoms with Gasteiger partial charge in [-0.2, -0.15) is 0 Å². The van der Waals surface area contributed by atoms with Gasteiger partial charge in [0.25, 0.3) is 0 Å². The molecule has 0 aliphatic heterocycles. The van der Waals surface area contributed by atoms with E-state index in [0.29, 0.717) is 23.7 Å². The van der Waals surface area contributed by atoms with Gasteiger partial charge in [0.15, 0.2) is 0 Å². The van der Waals surface area contributed by atoms with Crippen LogP contribution in [0.2, 0.25) is 5.02 Å². The average molecular weight is 308 g/mol. The van der Waals surface area contributed by atoms with E-state index >= 15 is 0 Å². The molecule has 0 fully saturated rings. The molecule has 3 nitrogen and oxygen atoms in total. The predicted octanol–water partition coefficient (Wildman–Crippen LogP) is 3.81. The molecule has 21 heavy (non-hydrogen) atoms. The fourth-order valence-electron chi connectivity index (χ4n) is 2.13. The zero-order valence-electron chi connectivity index (χ0n) is 11.5. The van der Waals surface area contributed by atoms with Crippen LogP contribution in [0.25, 0.3) is 0 Å². The summed E-state index contributed by atoms with van der Waals surface area (Å²) in [6.07, 6.45) is 0. The van der Waals surface area contributed by atoms with Gasteiger partial charge in [0, 0.05) is 18.1 Å². The second-order valence-corrected chi connectivity index (χ2v) is 5.39. The van der Waals surface area contributed by atoms with Gasteiger partial charge in [0.05, 0.1) is 5.56 Å². The number of carboxylic acids is 1. The van der Waals surface area contributed by atoms with Crippen LogP contribution in [-0.2, 0) is 13.1 Å². The normalized spacial score (nSPS) is 10.9. The molecule has 0 aliphatic carbocycles. The maximum Gasteiger partial charge on any atom is 0.335 e. The number of nitrogens with zero attached hydrogens (tertiary/aromatic N) is 1. The van der Waals surface area contributed by atoms with Crippen molar-refractivity contribution in [2.24, 2.45) is 0 Å². The molecule has 0 saturated heterocycles. The number of rotatable bonds is 5. The third-order valence-corrected chi connectivity index (χ3v) is 3.27. The summed E-state index contributed by atoms with van der Waals surface area (Å²) < 4.78 is 13.4. The van der Waals surface area contributed by atoms with Crippen molar-refractivity contribution in [2.75, 3.05) is 7.05 Å². The van der Waals surface area contributed by atoms with Crippen molar-refractivity contribution in [1.82, 2.24) is 4.90 Å². The molecular weight excluding hydrogens is 293 g/mol. The summed E-state index contributed by atoms with van der Waals surface area (Å²) in [5.74, 6) is -1.67. The van der Waals surface area contributed by atoms with E-state index in [9.17, 15) is 9.18 Å². The molecule has 0 bridgehead atoms. The van der Waals surface area contributed by atoms with Crippen LogP contribution in [0.15, 0.2) is 42.5 Å². The van der Waals surface area contributed by atoms with Crippen LogP contribution in [-0.4, -0.2) is 23.0 Å². The molecule has 0 saturated carbocycles. The summed E-state index contributed by atoms with van der Waals surface area (Å²) in [5.41, 5.74) is 1.67. The SMILES string of the molecule is CN(Cc1ccc(Cl)cc1)Cc1cc(F)cc(C(=O)O)c1. The molecule has 110 valence electrons. The van der Waals surface area contributed by atoms with Crippen molar-refractivity contribution in [3.05, 3.63) is 70.0 Å². The molecule has 0 heterocycles. The molecule has 0 radical (unpaired) electrons. The molecule has 5 heteroatoms. The lowest BCUT2D eigenvalue weighted by Gasteiger charge is -2.17. The van der Waals surface area contributed by atoms with Gasteiger partial charge >= 0.3 is 5.97 Å². The van der Waals surface area contributed by atoms with Gasteiger partial charge < -0.3 is 5.11 Å². The van der Waals surface area contributed by atoms with Gasteiger partial charge in [-0.3, -0.25) is 4.90 Å². The largest absolute Gasteiger partial charge is 0.478 e. The Kier molecular flexibility index (Phi) is 4.94. The van der Waals surface area contributed by atoms with Gasteiger partial charge in [-0.25, -0.2) is 9.18 Å². The monoisotopic (exact) mass is 307 g/mol. The molecule has 0 atom stereocenters. The minimum Gasteiger partial charge on any atom is -0.478 e. The summed E-state index contributed by atoms with van der Waals surface area (Å²) in [6, 6.07) is 11.3. The first-order chi connectivity index (χ1) is 9.94. The Morgan fingerprint density at radius 3 is 2.38 bits per heavy atom. The predicted molar refractivity (Wildman–Crippen MR) is 80.0 cm³/mol. The van der Waals surface area contributed by atoms with Crippen LogP contribution in [0.4, 0.5) is 4.39 Å². The fraction of sp³-hybridized carbons (Fsp3) is 0.188. The minimum atomic E-state index is -1.13. The first-order valence-electron chi connectivity index (χ1n) is 6.40. The fourth-order valence-corrected chi connectivity index (χ4v) is 2.26. The summed E-state index contributed by atoms with van der Waals surface area (Å²) in [6.45, 7) is 1.12. The van der Waals surface area contributed by atoms with E-state index in [4.69, 9.17) is 16.7 Å².